The topological polar surface area (TPSA) is 45.3 Å². The van der Waals surface area contributed by atoms with Gasteiger partial charge in [0, 0.05) is 23.1 Å². The number of anilines is 2. The number of carbonyl (C=O) groups is 1. The van der Waals surface area contributed by atoms with Crippen molar-refractivity contribution in [2.75, 3.05) is 18.6 Å². The van der Waals surface area contributed by atoms with Gasteiger partial charge in [0.15, 0.2) is 0 Å². The zero-order valence-corrected chi connectivity index (χ0v) is 14.6. The lowest BCUT2D eigenvalue weighted by Crippen LogP contribution is -2.19. The van der Waals surface area contributed by atoms with Gasteiger partial charge < -0.3 is 14.6 Å². The Morgan fingerprint density at radius 1 is 1.20 bits per heavy atom. The van der Waals surface area contributed by atoms with Crippen molar-refractivity contribution in [2.24, 2.45) is 0 Å². The minimum atomic E-state index is -0.420. The molecule has 0 aliphatic heterocycles. The van der Waals surface area contributed by atoms with Gasteiger partial charge in [0.05, 0.1) is 7.11 Å². The molecule has 1 aromatic heterocycles. The number of rotatable bonds is 5. The molecule has 3 rings (SSSR count). The van der Waals surface area contributed by atoms with Gasteiger partial charge in [-0.15, -0.1) is 0 Å². The van der Waals surface area contributed by atoms with Gasteiger partial charge in [0.25, 0.3) is 0 Å². The number of aryl methyl sites for hydroxylation is 1. The number of para-hydroxylation sites is 1. The van der Waals surface area contributed by atoms with E-state index in [-0.39, 0.29) is 5.82 Å². The molecule has 0 unspecified atom stereocenters. The van der Waals surface area contributed by atoms with Crippen molar-refractivity contribution in [3.8, 4) is 0 Å². The van der Waals surface area contributed by atoms with Crippen LogP contribution >= 0.6 is 0 Å². The second kappa shape index (κ2) is 6.97. The Morgan fingerprint density at radius 2 is 1.96 bits per heavy atom. The molecule has 0 saturated carbocycles. The van der Waals surface area contributed by atoms with Crippen LogP contribution in [0.3, 0.4) is 0 Å². The molecular formula is C20H21FN2O2. The van der Waals surface area contributed by atoms with Crippen molar-refractivity contribution in [1.82, 2.24) is 4.98 Å². The van der Waals surface area contributed by atoms with E-state index < -0.39 is 5.97 Å². The van der Waals surface area contributed by atoms with Crippen LogP contribution in [0.4, 0.5) is 15.9 Å². The molecule has 25 heavy (non-hydrogen) atoms. The number of benzene rings is 2. The second-order valence-electron chi connectivity index (χ2n) is 5.76. The van der Waals surface area contributed by atoms with Gasteiger partial charge in [-0.05, 0) is 37.1 Å². The lowest BCUT2D eigenvalue weighted by atomic mass is 10.1. The number of nitrogens with zero attached hydrogens (tertiary/aromatic N) is 1. The van der Waals surface area contributed by atoms with Crippen molar-refractivity contribution >= 4 is 28.4 Å². The molecule has 0 saturated heterocycles. The summed E-state index contributed by atoms with van der Waals surface area (Å²) in [7, 11) is 1.36. The molecule has 4 nitrogen and oxygen atoms in total. The molecule has 0 bridgehead atoms. The Hall–Kier alpha value is -2.82. The first kappa shape index (κ1) is 17.0. The SMILES string of the molecule is CCc1ccc(N(CC)c2[nH]c3ccccc3c2C(=O)OC)cc1F. The summed E-state index contributed by atoms with van der Waals surface area (Å²) in [6.45, 7) is 4.45. The molecule has 0 aliphatic carbocycles. The first-order valence-corrected chi connectivity index (χ1v) is 8.35. The van der Waals surface area contributed by atoms with Crippen LogP contribution in [0.5, 0.6) is 0 Å². The molecule has 0 spiro atoms. The van der Waals surface area contributed by atoms with Crippen LogP contribution < -0.4 is 4.90 Å². The Balaban J connectivity index is 2.18. The number of fused-ring (bicyclic) bond motifs is 1. The fourth-order valence-electron chi connectivity index (χ4n) is 3.10. The van der Waals surface area contributed by atoms with Crippen LogP contribution in [0.15, 0.2) is 42.5 Å². The monoisotopic (exact) mass is 340 g/mol. The standard InChI is InChI=1S/C20H21FN2O2/c1-4-13-10-11-14(12-16(13)21)23(5-2)19-18(20(24)25-3)15-8-6-7-9-17(15)22-19/h6-12,22H,4-5H2,1-3H3. The zero-order valence-electron chi connectivity index (χ0n) is 14.6. The van der Waals surface area contributed by atoms with Gasteiger partial charge in [-0.2, -0.15) is 0 Å². The number of ether oxygens (including phenoxy) is 1. The van der Waals surface area contributed by atoms with E-state index in [4.69, 9.17) is 4.74 Å². The lowest BCUT2D eigenvalue weighted by Gasteiger charge is -2.23. The number of esters is 1. The van der Waals surface area contributed by atoms with Gasteiger partial charge in [-0.25, -0.2) is 9.18 Å². The predicted octanol–water partition coefficient (Wildman–Crippen LogP) is 4.81. The molecule has 3 aromatic rings. The molecule has 1 N–H and O–H groups in total. The first-order valence-electron chi connectivity index (χ1n) is 8.35. The summed E-state index contributed by atoms with van der Waals surface area (Å²) in [5.41, 5.74) is 2.65. The van der Waals surface area contributed by atoms with E-state index in [9.17, 15) is 9.18 Å². The normalized spacial score (nSPS) is 10.9. The molecule has 5 heteroatoms. The summed E-state index contributed by atoms with van der Waals surface area (Å²) in [5.74, 6) is -0.0510. The third-order valence-corrected chi connectivity index (χ3v) is 4.39. The van der Waals surface area contributed by atoms with Gasteiger partial charge in [-0.1, -0.05) is 31.2 Å². The van der Waals surface area contributed by atoms with E-state index >= 15 is 0 Å². The fourth-order valence-corrected chi connectivity index (χ4v) is 3.10. The highest BCUT2D eigenvalue weighted by Crippen LogP contribution is 2.34. The maximum absolute atomic E-state index is 14.3. The Labute approximate surface area is 146 Å². The average Bonchev–Trinajstić information content (AvgIpc) is 3.01. The first-order chi connectivity index (χ1) is 12.1. The Bertz CT molecular complexity index is 917. The minimum absolute atomic E-state index is 0.242. The van der Waals surface area contributed by atoms with E-state index in [1.54, 1.807) is 6.07 Å². The average molecular weight is 340 g/mol. The summed E-state index contributed by atoms with van der Waals surface area (Å²) in [6, 6.07) is 12.7. The van der Waals surface area contributed by atoms with Crippen molar-refractivity contribution in [3.63, 3.8) is 0 Å². The van der Waals surface area contributed by atoms with Crippen molar-refractivity contribution in [2.45, 2.75) is 20.3 Å². The number of H-pyrrole nitrogens is 1. The molecular weight excluding hydrogens is 319 g/mol. The van der Waals surface area contributed by atoms with Crippen LogP contribution in [-0.4, -0.2) is 24.6 Å². The highest BCUT2D eigenvalue weighted by Gasteiger charge is 2.23. The largest absolute Gasteiger partial charge is 0.465 e. The third-order valence-electron chi connectivity index (χ3n) is 4.39. The van der Waals surface area contributed by atoms with E-state index in [0.717, 1.165) is 10.9 Å². The van der Waals surface area contributed by atoms with Crippen molar-refractivity contribution in [1.29, 1.82) is 0 Å². The Kier molecular flexibility index (Phi) is 4.74. The number of aromatic nitrogens is 1. The smallest absolute Gasteiger partial charge is 0.342 e. The highest BCUT2D eigenvalue weighted by molar-refractivity contribution is 6.10. The maximum Gasteiger partial charge on any atom is 0.342 e. The van der Waals surface area contributed by atoms with Crippen LogP contribution in [0, 0.1) is 5.82 Å². The van der Waals surface area contributed by atoms with E-state index in [1.807, 2.05) is 49.1 Å². The van der Waals surface area contributed by atoms with E-state index in [1.165, 1.54) is 13.2 Å². The van der Waals surface area contributed by atoms with Gasteiger partial charge >= 0.3 is 5.97 Å². The van der Waals surface area contributed by atoms with Crippen LogP contribution in [0.1, 0.15) is 29.8 Å². The summed E-state index contributed by atoms with van der Waals surface area (Å²) in [4.78, 5) is 17.5. The van der Waals surface area contributed by atoms with Crippen molar-refractivity contribution < 1.29 is 13.9 Å². The molecule has 130 valence electrons. The quantitative estimate of drug-likeness (QED) is 0.678. The number of carbonyl (C=O) groups excluding carboxylic acids is 1. The number of nitrogens with one attached hydrogen (secondary N) is 1. The van der Waals surface area contributed by atoms with E-state index in [2.05, 4.69) is 4.98 Å². The molecule has 0 fully saturated rings. The molecule has 1 heterocycles. The molecule has 0 radical (unpaired) electrons. The maximum atomic E-state index is 14.3. The molecule has 0 aliphatic rings. The number of hydrogen-bond acceptors (Lipinski definition) is 3. The number of aromatic amines is 1. The second-order valence-corrected chi connectivity index (χ2v) is 5.76. The fraction of sp³-hybridized carbons (Fsp3) is 0.250. The van der Waals surface area contributed by atoms with Gasteiger partial charge in [-0.3, -0.25) is 0 Å². The van der Waals surface area contributed by atoms with E-state index in [0.29, 0.717) is 35.6 Å². The Morgan fingerprint density at radius 3 is 2.60 bits per heavy atom. The summed E-state index contributed by atoms with van der Waals surface area (Å²) >= 11 is 0. The number of hydrogen-bond donors (Lipinski definition) is 1. The van der Waals surface area contributed by atoms with Gasteiger partial charge in [0.1, 0.15) is 17.2 Å². The highest BCUT2D eigenvalue weighted by atomic mass is 19.1. The summed E-state index contributed by atoms with van der Waals surface area (Å²) in [5, 5.41) is 0.786. The molecule has 0 amide bonds. The molecule has 0 atom stereocenters. The van der Waals surface area contributed by atoms with Gasteiger partial charge in [0.2, 0.25) is 0 Å². The lowest BCUT2D eigenvalue weighted by molar-refractivity contribution is 0.0604. The molecule has 2 aromatic carbocycles. The van der Waals surface area contributed by atoms with Crippen molar-refractivity contribution in [3.05, 3.63) is 59.4 Å². The number of methoxy groups -OCH3 is 1. The van der Waals surface area contributed by atoms with Crippen LogP contribution in [0.25, 0.3) is 10.9 Å². The van der Waals surface area contributed by atoms with Crippen LogP contribution in [-0.2, 0) is 11.2 Å². The minimum Gasteiger partial charge on any atom is -0.465 e. The number of halogens is 1. The summed E-state index contributed by atoms with van der Waals surface area (Å²) < 4.78 is 19.2. The summed E-state index contributed by atoms with van der Waals surface area (Å²) in [6.07, 6.45) is 0.637. The zero-order chi connectivity index (χ0) is 18.0. The van der Waals surface area contributed by atoms with Crippen LogP contribution in [0.2, 0.25) is 0 Å². The predicted molar refractivity (Wildman–Crippen MR) is 98.1 cm³/mol. The third kappa shape index (κ3) is 2.97.